The Morgan fingerprint density at radius 3 is 2.72 bits per heavy atom. The van der Waals surface area contributed by atoms with Crippen LogP contribution in [0.15, 0.2) is 0 Å². The lowest BCUT2D eigenvalue weighted by Gasteiger charge is -2.21. The first kappa shape index (κ1) is 12.2. The molecule has 2 saturated heterocycles. The molecule has 2 aliphatic rings. The summed E-state index contributed by atoms with van der Waals surface area (Å²) in [6, 6.07) is 0. The quantitative estimate of drug-likeness (QED) is 0.866. The molecule has 2 unspecified atom stereocenters. The smallest absolute Gasteiger partial charge is 0.104 e. The summed E-state index contributed by atoms with van der Waals surface area (Å²) >= 11 is 0. The third kappa shape index (κ3) is 1.88. The Balaban J connectivity index is 1.94. The van der Waals surface area contributed by atoms with Crippen molar-refractivity contribution in [3.63, 3.8) is 0 Å². The number of rotatable bonds is 2. The van der Waals surface area contributed by atoms with Crippen molar-refractivity contribution in [2.75, 3.05) is 26.7 Å². The number of likely N-dealkylation sites (tertiary alicyclic amines) is 1. The van der Waals surface area contributed by atoms with Gasteiger partial charge in [-0.05, 0) is 53.2 Å². The Morgan fingerprint density at radius 2 is 2.11 bits per heavy atom. The van der Waals surface area contributed by atoms with E-state index in [4.69, 9.17) is 5.10 Å². The molecule has 0 spiro atoms. The second-order valence-electron chi connectivity index (χ2n) is 5.82. The molecule has 0 amide bonds. The molecule has 0 saturated carbocycles. The van der Waals surface area contributed by atoms with E-state index in [2.05, 4.69) is 35.8 Å². The van der Waals surface area contributed by atoms with Gasteiger partial charge in [0, 0.05) is 23.7 Å². The van der Waals surface area contributed by atoms with Gasteiger partial charge in [-0.25, -0.2) is 0 Å². The predicted octanol–water partition coefficient (Wildman–Crippen LogP) is 1.80. The molecule has 1 aromatic rings. The molecule has 0 aliphatic carbocycles. The summed E-state index contributed by atoms with van der Waals surface area (Å²) in [6.07, 6.45) is 4.26. The minimum atomic E-state index is 0.479. The first-order valence-electron chi connectivity index (χ1n) is 7.15. The van der Waals surface area contributed by atoms with Gasteiger partial charge in [-0.15, -0.1) is 0 Å². The lowest BCUT2D eigenvalue weighted by Crippen LogP contribution is -2.25. The highest BCUT2D eigenvalue weighted by molar-refractivity contribution is 5.30. The molecule has 1 N–H and O–H groups in total. The summed E-state index contributed by atoms with van der Waals surface area (Å²) in [5.74, 6) is 0.672. The fourth-order valence-corrected chi connectivity index (χ4v) is 3.66. The van der Waals surface area contributed by atoms with Crippen LogP contribution in [0.2, 0.25) is 0 Å². The van der Waals surface area contributed by atoms with Gasteiger partial charge in [0.1, 0.15) is 6.17 Å². The van der Waals surface area contributed by atoms with Crippen molar-refractivity contribution in [1.82, 2.24) is 20.0 Å². The summed E-state index contributed by atoms with van der Waals surface area (Å²) in [7, 11) is 2.21. The minimum absolute atomic E-state index is 0.479. The molecule has 0 aromatic carbocycles. The van der Waals surface area contributed by atoms with Crippen molar-refractivity contribution >= 4 is 0 Å². The van der Waals surface area contributed by atoms with Crippen molar-refractivity contribution in [2.24, 2.45) is 0 Å². The van der Waals surface area contributed by atoms with Crippen LogP contribution in [0.3, 0.4) is 0 Å². The summed E-state index contributed by atoms with van der Waals surface area (Å²) in [5, 5.41) is 8.30. The highest BCUT2D eigenvalue weighted by Crippen LogP contribution is 2.32. The van der Waals surface area contributed by atoms with E-state index in [0.717, 1.165) is 13.1 Å². The molecule has 2 atom stereocenters. The van der Waals surface area contributed by atoms with Gasteiger partial charge in [0.25, 0.3) is 0 Å². The molecular weight excluding hydrogens is 224 g/mol. The predicted molar refractivity (Wildman–Crippen MR) is 72.8 cm³/mol. The molecule has 4 nitrogen and oxygen atoms in total. The number of nitrogens with one attached hydrogen (secondary N) is 1. The monoisotopic (exact) mass is 248 g/mol. The van der Waals surface area contributed by atoms with Crippen LogP contribution < -0.4 is 5.32 Å². The van der Waals surface area contributed by atoms with Crippen LogP contribution in [0.5, 0.6) is 0 Å². The van der Waals surface area contributed by atoms with Gasteiger partial charge in [0.15, 0.2) is 0 Å². The van der Waals surface area contributed by atoms with Crippen LogP contribution >= 0.6 is 0 Å². The molecule has 2 fully saturated rings. The molecule has 2 aliphatic heterocycles. The van der Waals surface area contributed by atoms with Crippen LogP contribution in [-0.4, -0.2) is 41.4 Å². The SMILES string of the molecule is Cc1nn(C2CCCN2C)c(C)c1C1CCNC1. The lowest BCUT2D eigenvalue weighted by atomic mass is 9.96. The molecule has 18 heavy (non-hydrogen) atoms. The third-order valence-electron chi connectivity index (χ3n) is 4.61. The van der Waals surface area contributed by atoms with E-state index in [-0.39, 0.29) is 0 Å². The van der Waals surface area contributed by atoms with E-state index in [1.807, 2.05) is 0 Å². The largest absolute Gasteiger partial charge is 0.316 e. The zero-order chi connectivity index (χ0) is 12.7. The van der Waals surface area contributed by atoms with Crippen molar-refractivity contribution < 1.29 is 0 Å². The first-order valence-corrected chi connectivity index (χ1v) is 7.15. The molecule has 0 radical (unpaired) electrons. The van der Waals surface area contributed by atoms with Gasteiger partial charge < -0.3 is 5.32 Å². The summed E-state index contributed by atoms with van der Waals surface area (Å²) in [6.45, 7) is 7.89. The fourth-order valence-electron chi connectivity index (χ4n) is 3.66. The number of hydrogen-bond donors (Lipinski definition) is 1. The van der Waals surface area contributed by atoms with Gasteiger partial charge in [0.05, 0.1) is 5.69 Å². The Labute approximate surface area is 109 Å². The Hall–Kier alpha value is -0.870. The van der Waals surface area contributed by atoms with Gasteiger partial charge in [-0.1, -0.05) is 0 Å². The summed E-state index contributed by atoms with van der Waals surface area (Å²) in [4.78, 5) is 2.43. The van der Waals surface area contributed by atoms with Crippen molar-refractivity contribution in [3.05, 3.63) is 17.0 Å². The van der Waals surface area contributed by atoms with Crippen molar-refractivity contribution in [3.8, 4) is 0 Å². The Bertz CT molecular complexity index is 431. The van der Waals surface area contributed by atoms with Crippen LogP contribution in [0.25, 0.3) is 0 Å². The fraction of sp³-hybridized carbons (Fsp3) is 0.786. The average Bonchev–Trinajstić information content (AvgIpc) is 3.01. The van der Waals surface area contributed by atoms with E-state index in [1.165, 1.54) is 42.8 Å². The minimum Gasteiger partial charge on any atom is -0.316 e. The molecule has 3 rings (SSSR count). The number of nitrogens with zero attached hydrogens (tertiary/aromatic N) is 3. The molecule has 4 heteroatoms. The van der Waals surface area contributed by atoms with Crippen LogP contribution in [-0.2, 0) is 0 Å². The Kier molecular flexibility index (Phi) is 3.16. The van der Waals surface area contributed by atoms with Gasteiger partial charge in [0.2, 0.25) is 0 Å². The Morgan fingerprint density at radius 1 is 1.28 bits per heavy atom. The van der Waals surface area contributed by atoms with E-state index < -0.39 is 0 Å². The van der Waals surface area contributed by atoms with Gasteiger partial charge in [-0.3, -0.25) is 9.58 Å². The summed E-state index contributed by atoms with van der Waals surface area (Å²) in [5.41, 5.74) is 4.13. The number of aromatic nitrogens is 2. The number of aryl methyl sites for hydroxylation is 1. The zero-order valence-electron chi connectivity index (χ0n) is 11.7. The van der Waals surface area contributed by atoms with Crippen molar-refractivity contribution in [1.29, 1.82) is 0 Å². The second kappa shape index (κ2) is 4.67. The third-order valence-corrected chi connectivity index (χ3v) is 4.61. The molecular formula is C14H24N4. The maximum Gasteiger partial charge on any atom is 0.104 e. The normalized spacial score (nSPS) is 29.3. The van der Waals surface area contributed by atoms with E-state index >= 15 is 0 Å². The summed E-state index contributed by atoms with van der Waals surface area (Å²) < 4.78 is 2.27. The topological polar surface area (TPSA) is 33.1 Å². The van der Waals surface area contributed by atoms with Crippen molar-refractivity contribution in [2.45, 2.75) is 45.2 Å². The zero-order valence-corrected chi connectivity index (χ0v) is 11.7. The molecule has 100 valence electrons. The van der Waals surface area contributed by atoms with Gasteiger partial charge in [-0.2, -0.15) is 5.10 Å². The first-order chi connectivity index (χ1) is 8.68. The maximum atomic E-state index is 4.83. The standard InChI is InChI=1S/C14H24N4/c1-10-14(12-6-7-15-9-12)11(2)18(16-10)13-5-4-8-17(13)3/h12-13,15H,4-9H2,1-3H3. The maximum absolute atomic E-state index is 4.83. The second-order valence-corrected chi connectivity index (χ2v) is 5.82. The van der Waals surface area contributed by atoms with E-state index in [0.29, 0.717) is 12.1 Å². The van der Waals surface area contributed by atoms with Crippen LogP contribution in [0.4, 0.5) is 0 Å². The lowest BCUT2D eigenvalue weighted by molar-refractivity contribution is 0.216. The van der Waals surface area contributed by atoms with Gasteiger partial charge >= 0.3 is 0 Å². The van der Waals surface area contributed by atoms with Crippen LogP contribution in [0, 0.1) is 13.8 Å². The molecule has 0 bridgehead atoms. The number of hydrogen-bond acceptors (Lipinski definition) is 3. The van der Waals surface area contributed by atoms with E-state index in [1.54, 1.807) is 0 Å². The molecule has 1 aromatic heterocycles. The highest BCUT2D eigenvalue weighted by Gasteiger charge is 2.29. The van der Waals surface area contributed by atoms with E-state index in [9.17, 15) is 0 Å². The highest BCUT2D eigenvalue weighted by atomic mass is 15.4. The molecule has 3 heterocycles. The average molecular weight is 248 g/mol. The van der Waals surface area contributed by atoms with Crippen LogP contribution in [0.1, 0.15) is 48.3 Å².